The van der Waals surface area contributed by atoms with Crippen molar-refractivity contribution in [2.75, 3.05) is 6.54 Å². The molecule has 4 nitrogen and oxygen atoms in total. The number of fused-ring (bicyclic) bond motifs is 1. The summed E-state index contributed by atoms with van der Waals surface area (Å²) in [5.41, 5.74) is 3.79. The Kier molecular flexibility index (Phi) is 4.17. The second-order valence-corrected chi connectivity index (χ2v) is 9.27. The number of benzene rings is 1. The first-order chi connectivity index (χ1) is 13.1. The number of hydrogen-bond acceptors (Lipinski definition) is 4. The molecule has 1 saturated heterocycles. The van der Waals surface area contributed by atoms with Gasteiger partial charge in [0.25, 0.3) is 5.56 Å². The third kappa shape index (κ3) is 3.03. The van der Waals surface area contributed by atoms with Crippen LogP contribution < -0.4 is 5.56 Å². The summed E-state index contributed by atoms with van der Waals surface area (Å²) in [4.78, 5) is 22.6. The maximum absolute atomic E-state index is 12.2. The third-order valence-corrected chi connectivity index (χ3v) is 7.48. The zero-order chi connectivity index (χ0) is 18.5. The van der Waals surface area contributed by atoms with E-state index in [-0.39, 0.29) is 5.56 Å². The summed E-state index contributed by atoms with van der Waals surface area (Å²) in [7, 11) is 0. The molecule has 1 N–H and O–H groups in total. The summed E-state index contributed by atoms with van der Waals surface area (Å²) in [6, 6.07) is 9.66. The molecule has 2 fully saturated rings. The lowest BCUT2D eigenvalue weighted by atomic mass is 9.79. The van der Waals surface area contributed by atoms with Crippen LogP contribution in [0.4, 0.5) is 0 Å². The van der Waals surface area contributed by atoms with Gasteiger partial charge in [-0.1, -0.05) is 6.07 Å². The van der Waals surface area contributed by atoms with Crippen LogP contribution in [0.25, 0.3) is 21.3 Å². The van der Waals surface area contributed by atoms with E-state index in [2.05, 4.69) is 28.9 Å². The minimum atomic E-state index is -0.0359. The SMILES string of the molecule is Cc1c[nH]c(=O)c(-c2ccc3nc([C@H]4C[C@H](N5CCC[C@@H]5C)C4)sc3c2)c1. The molecular formula is C22H25N3OS. The number of nitrogens with zero attached hydrogens (tertiary/aromatic N) is 2. The number of likely N-dealkylation sites (tertiary alicyclic amines) is 1. The van der Waals surface area contributed by atoms with Gasteiger partial charge in [0.1, 0.15) is 0 Å². The average molecular weight is 380 g/mol. The van der Waals surface area contributed by atoms with Gasteiger partial charge in [-0.3, -0.25) is 9.69 Å². The van der Waals surface area contributed by atoms with Crippen molar-refractivity contribution in [3.8, 4) is 11.1 Å². The van der Waals surface area contributed by atoms with E-state index < -0.39 is 0 Å². The quantitative estimate of drug-likeness (QED) is 0.718. The van der Waals surface area contributed by atoms with Gasteiger partial charge in [-0.2, -0.15) is 0 Å². The predicted molar refractivity (Wildman–Crippen MR) is 112 cm³/mol. The van der Waals surface area contributed by atoms with E-state index in [4.69, 9.17) is 4.98 Å². The van der Waals surface area contributed by atoms with Gasteiger partial charge < -0.3 is 4.98 Å². The number of nitrogens with one attached hydrogen (secondary N) is 1. The minimum absolute atomic E-state index is 0.0359. The fourth-order valence-electron chi connectivity index (χ4n) is 4.65. The molecular weight excluding hydrogens is 354 g/mol. The highest BCUT2D eigenvalue weighted by atomic mass is 32.1. The highest BCUT2D eigenvalue weighted by Gasteiger charge is 2.39. The Morgan fingerprint density at radius 2 is 2.11 bits per heavy atom. The van der Waals surface area contributed by atoms with Gasteiger partial charge in [0.15, 0.2) is 0 Å². The zero-order valence-corrected chi connectivity index (χ0v) is 16.7. The molecule has 140 valence electrons. The molecule has 5 heteroatoms. The number of pyridine rings is 1. The van der Waals surface area contributed by atoms with Gasteiger partial charge in [-0.25, -0.2) is 4.98 Å². The molecule has 2 aromatic heterocycles. The summed E-state index contributed by atoms with van der Waals surface area (Å²) >= 11 is 1.80. The minimum Gasteiger partial charge on any atom is -0.328 e. The maximum Gasteiger partial charge on any atom is 0.255 e. The molecule has 0 bridgehead atoms. The summed E-state index contributed by atoms with van der Waals surface area (Å²) in [5, 5.41) is 1.27. The van der Waals surface area contributed by atoms with Gasteiger partial charge in [-0.05, 0) is 75.4 Å². The maximum atomic E-state index is 12.2. The standard InChI is InChI=1S/C22H25N3OS/c1-13-8-18(21(26)23-12-13)15-5-6-19-20(11-15)27-22(24-19)16-9-17(10-16)25-7-3-4-14(25)2/h5-6,8,11-12,14,16-17H,3-4,7,9-10H2,1-2H3,(H,23,26)/t14-,16-,17-/m0/s1. The molecule has 0 spiro atoms. The summed E-state index contributed by atoms with van der Waals surface area (Å²) < 4.78 is 1.18. The molecule has 1 aromatic carbocycles. The van der Waals surface area contributed by atoms with Crippen LogP contribution in [0.1, 0.15) is 49.1 Å². The molecule has 27 heavy (non-hydrogen) atoms. The van der Waals surface area contributed by atoms with Crippen molar-refractivity contribution in [2.45, 2.75) is 57.5 Å². The number of aromatic nitrogens is 2. The molecule has 0 amide bonds. The monoisotopic (exact) mass is 379 g/mol. The first-order valence-corrected chi connectivity index (χ1v) is 10.8. The molecule has 1 saturated carbocycles. The molecule has 0 radical (unpaired) electrons. The summed E-state index contributed by atoms with van der Waals surface area (Å²) in [6.45, 7) is 5.64. The lowest BCUT2D eigenvalue weighted by Crippen LogP contribution is -2.45. The largest absolute Gasteiger partial charge is 0.328 e. The van der Waals surface area contributed by atoms with Crippen molar-refractivity contribution in [1.82, 2.24) is 14.9 Å². The van der Waals surface area contributed by atoms with Crippen LogP contribution in [0.5, 0.6) is 0 Å². The molecule has 1 aliphatic carbocycles. The predicted octanol–water partition coefficient (Wildman–Crippen LogP) is 4.69. The number of aryl methyl sites for hydroxylation is 1. The van der Waals surface area contributed by atoms with Crippen LogP contribution in [-0.2, 0) is 0 Å². The highest BCUT2D eigenvalue weighted by molar-refractivity contribution is 7.18. The van der Waals surface area contributed by atoms with E-state index in [0.29, 0.717) is 5.92 Å². The molecule has 5 rings (SSSR count). The van der Waals surface area contributed by atoms with Crippen LogP contribution in [0.15, 0.2) is 35.3 Å². The van der Waals surface area contributed by atoms with Crippen molar-refractivity contribution in [3.63, 3.8) is 0 Å². The van der Waals surface area contributed by atoms with Crippen molar-refractivity contribution >= 4 is 21.6 Å². The van der Waals surface area contributed by atoms with Gasteiger partial charge in [-0.15, -0.1) is 11.3 Å². The Morgan fingerprint density at radius 1 is 1.26 bits per heavy atom. The van der Waals surface area contributed by atoms with Crippen LogP contribution in [0, 0.1) is 6.92 Å². The smallest absolute Gasteiger partial charge is 0.255 e. The molecule has 2 aliphatic rings. The Balaban J connectivity index is 1.39. The Morgan fingerprint density at radius 3 is 2.89 bits per heavy atom. The van der Waals surface area contributed by atoms with Crippen LogP contribution >= 0.6 is 11.3 Å². The van der Waals surface area contributed by atoms with Crippen molar-refractivity contribution in [2.24, 2.45) is 0 Å². The average Bonchev–Trinajstić information content (AvgIpc) is 3.21. The first kappa shape index (κ1) is 17.1. The summed E-state index contributed by atoms with van der Waals surface area (Å²) in [5.74, 6) is 0.603. The van der Waals surface area contributed by atoms with Crippen molar-refractivity contribution < 1.29 is 0 Å². The summed E-state index contributed by atoms with van der Waals surface area (Å²) in [6.07, 6.45) is 6.94. The number of H-pyrrole nitrogens is 1. The van der Waals surface area contributed by atoms with Gasteiger partial charge in [0, 0.05) is 29.8 Å². The van der Waals surface area contributed by atoms with E-state index >= 15 is 0 Å². The highest BCUT2D eigenvalue weighted by Crippen LogP contribution is 2.44. The van der Waals surface area contributed by atoms with Crippen molar-refractivity contribution in [3.05, 3.63) is 51.4 Å². The zero-order valence-electron chi connectivity index (χ0n) is 15.9. The van der Waals surface area contributed by atoms with Gasteiger partial charge in [0.2, 0.25) is 0 Å². The number of thiazole rings is 1. The number of rotatable bonds is 3. The molecule has 1 aliphatic heterocycles. The fourth-order valence-corrected chi connectivity index (χ4v) is 5.78. The molecule has 3 aromatic rings. The van der Waals surface area contributed by atoms with Gasteiger partial charge in [0.05, 0.1) is 15.2 Å². The van der Waals surface area contributed by atoms with Crippen molar-refractivity contribution in [1.29, 1.82) is 0 Å². The van der Waals surface area contributed by atoms with E-state index in [1.165, 1.54) is 41.9 Å². The Hall–Kier alpha value is -1.98. The molecule has 1 atom stereocenters. The number of aromatic amines is 1. The van der Waals surface area contributed by atoms with E-state index in [0.717, 1.165) is 34.3 Å². The van der Waals surface area contributed by atoms with E-state index in [1.54, 1.807) is 17.5 Å². The Labute approximate surface area is 163 Å². The molecule has 3 heterocycles. The van der Waals surface area contributed by atoms with Crippen LogP contribution in [0.2, 0.25) is 0 Å². The second kappa shape index (κ2) is 6.57. The van der Waals surface area contributed by atoms with Crippen LogP contribution in [-0.4, -0.2) is 33.5 Å². The fraction of sp³-hybridized carbons (Fsp3) is 0.455. The van der Waals surface area contributed by atoms with Crippen LogP contribution in [0.3, 0.4) is 0 Å². The van der Waals surface area contributed by atoms with E-state index in [1.807, 2.05) is 19.1 Å². The topological polar surface area (TPSA) is 49.0 Å². The Bertz CT molecular complexity index is 1050. The number of hydrogen-bond donors (Lipinski definition) is 1. The van der Waals surface area contributed by atoms with E-state index in [9.17, 15) is 4.79 Å². The third-order valence-electron chi connectivity index (χ3n) is 6.30. The van der Waals surface area contributed by atoms with Gasteiger partial charge >= 0.3 is 0 Å². The molecule has 0 unspecified atom stereocenters. The lowest BCUT2D eigenvalue weighted by molar-refractivity contribution is 0.103. The normalized spacial score (nSPS) is 25.8. The second-order valence-electron chi connectivity index (χ2n) is 8.21. The lowest BCUT2D eigenvalue weighted by Gasteiger charge is -2.42. The first-order valence-electron chi connectivity index (χ1n) is 9.94.